The van der Waals surface area contributed by atoms with Gasteiger partial charge in [-0.1, -0.05) is 36.4 Å². The second kappa shape index (κ2) is 16.9. The summed E-state index contributed by atoms with van der Waals surface area (Å²) in [6, 6.07) is 16.3. The van der Waals surface area contributed by atoms with Crippen molar-refractivity contribution in [1.82, 2.24) is 20.4 Å². The van der Waals surface area contributed by atoms with Gasteiger partial charge in [-0.2, -0.15) is 0 Å². The molecule has 1 saturated heterocycles. The fourth-order valence-electron chi connectivity index (χ4n) is 8.17. The van der Waals surface area contributed by atoms with Gasteiger partial charge >= 0.3 is 0 Å². The molecular weight excluding hydrogens is 729 g/mol. The average molecular weight is 779 g/mol. The van der Waals surface area contributed by atoms with Crippen molar-refractivity contribution in [3.05, 3.63) is 115 Å². The van der Waals surface area contributed by atoms with Crippen LogP contribution in [0.2, 0.25) is 0 Å². The Bertz CT molecular complexity index is 2300. The lowest BCUT2D eigenvalue weighted by Crippen LogP contribution is -2.44. The van der Waals surface area contributed by atoms with Crippen LogP contribution in [0.5, 0.6) is 0 Å². The largest absolute Gasteiger partial charge is 0.378 e. The fraction of sp³-hybridized carbons (Fsp3) is 0.364. The second-order valence-electron chi connectivity index (χ2n) is 14.1. The summed E-state index contributed by atoms with van der Waals surface area (Å²) in [5.41, 5.74) is 8.07. The van der Waals surface area contributed by atoms with Crippen LogP contribution in [-0.4, -0.2) is 72.6 Å². The number of ether oxygens (including phenoxy) is 1. The first kappa shape index (κ1) is 39.8. The lowest BCUT2D eigenvalue weighted by atomic mass is 9.78. The Morgan fingerprint density at radius 2 is 1.09 bits per heavy atom. The zero-order chi connectivity index (χ0) is 39.6. The summed E-state index contributed by atoms with van der Waals surface area (Å²) >= 11 is 3.31. The molecule has 4 aromatic rings. The third-order valence-electron chi connectivity index (χ3n) is 10.7. The number of likely N-dealkylation sites (N-methyl/N-ethyl adjacent to an activating group) is 1. The summed E-state index contributed by atoms with van der Waals surface area (Å²) < 4.78 is 7.74. The molecule has 2 amide bonds. The predicted octanol–water partition coefficient (Wildman–Crippen LogP) is 8.18. The van der Waals surface area contributed by atoms with Crippen molar-refractivity contribution in [1.29, 1.82) is 0 Å². The topological polar surface area (TPSA) is 108 Å². The minimum Gasteiger partial charge on any atom is -0.378 e. The van der Waals surface area contributed by atoms with Gasteiger partial charge in [-0.25, -0.2) is 0 Å². The van der Waals surface area contributed by atoms with E-state index in [-0.39, 0.29) is 35.2 Å². The minimum atomic E-state index is -0.356. The number of amides is 2. The van der Waals surface area contributed by atoms with Gasteiger partial charge in [0.25, 0.3) is 11.8 Å². The Kier molecular flexibility index (Phi) is 12.2. The monoisotopic (exact) mass is 778 g/mol. The number of benzene rings is 2. The summed E-state index contributed by atoms with van der Waals surface area (Å²) in [5, 5.41) is 13.0. The number of carbonyl (C=O) groups excluding carboxylic acids is 4. The maximum Gasteiger partial charge on any atom is 0.252 e. The third kappa shape index (κ3) is 7.70. The van der Waals surface area contributed by atoms with Gasteiger partial charge in [0.15, 0.2) is 11.6 Å². The number of carbonyl (C=O) groups is 4. The van der Waals surface area contributed by atoms with Crippen LogP contribution in [0.1, 0.15) is 78.4 Å². The van der Waals surface area contributed by atoms with Gasteiger partial charge in [-0.05, 0) is 100 Å². The molecule has 288 valence electrons. The molecule has 5 heterocycles. The van der Waals surface area contributed by atoms with Crippen LogP contribution >= 0.6 is 22.7 Å². The quantitative estimate of drug-likeness (QED) is 0.186. The highest BCUT2D eigenvalue weighted by Crippen LogP contribution is 2.45. The van der Waals surface area contributed by atoms with Crippen LogP contribution in [0, 0.1) is 0 Å². The van der Waals surface area contributed by atoms with E-state index < -0.39 is 0 Å². The van der Waals surface area contributed by atoms with E-state index in [4.69, 9.17) is 4.74 Å². The number of rotatable bonds is 8. The van der Waals surface area contributed by atoms with Crippen molar-refractivity contribution in [2.24, 2.45) is 0 Å². The van der Waals surface area contributed by atoms with Crippen molar-refractivity contribution >= 4 is 66.2 Å². The number of thiophene rings is 2. The van der Waals surface area contributed by atoms with Crippen LogP contribution in [0.25, 0.3) is 20.2 Å². The van der Waals surface area contributed by atoms with Crippen LogP contribution in [0.3, 0.4) is 0 Å². The number of morpholine rings is 1. The molecule has 11 heteroatoms. The molecule has 0 aliphatic carbocycles. The SMILES string of the molecule is CC(=O)C1=C(C)NC(C)=C(C(=O)N2CCOCC2)C1c1csc2ccccc12.CCN(CC)C(=O)C1=C(C)NC(C)=C(C(C)=O)C1c1csc2ccccc12. The molecule has 3 aliphatic rings. The van der Waals surface area contributed by atoms with E-state index in [1.807, 2.05) is 75.6 Å². The van der Waals surface area contributed by atoms with E-state index in [1.54, 1.807) is 36.5 Å². The van der Waals surface area contributed by atoms with Gasteiger partial charge in [-0.3, -0.25) is 19.2 Å². The highest BCUT2D eigenvalue weighted by atomic mass is 32.1. The number of ketones is 2. The van der Waals surface area contributed by atoms with Crippen LogP contribution in [0.15, 0.2) is 104 Å². The van der Waals surface area contributed by atoms with Gasteiger partial charge in [0, 0.05) is 92.5 Å². The van der Waals surface area contributed by atoms with Crippen LogP contribution in [-0.2, 0) is 23.9 Å². The van der Waals surface area contributed by atoms with Crippen molar-refractivity contribution in [2.45, 2.75) is 67.2 Å². The van der Waals surface area contributed by atoms with Gasteiger partial charge < -0.3 is 25.2 Å². The average Bonchev–Trinajstić information content (AvgIpc) is 3.79. The lowest BCUT2D eigenvalue weighted by molar-refractivity contribution is -0.131. The summed E-state index contributed by atoms with van der Waals surface area (Å²) in [6.45, 7) is 18.3. The highest BCUT2D eigenvalue weighted by Gasteiger charge is 2.39. The number of nitrogens with one attached hydrogen (secondary N) is 2. The van der Waals surface area contributed by atoms with E-state index in [2.05, 4.69) is 45.7 Å². The third-order valence-corrected chi connectivity index (χ3v) is 12.7. The molecule has 1 fully saturated rings. The molecule has 0 bridgehead atoms. The molecule has 0 radical (unpaired) electrons. The molecule has 7 rings (SSSR count). The zero-order valence-corrected chi connectivity index (χ0v) is 34.6. The molecule has 2 atom stereocenters. The van der Waals surface area contributed by atoms with Crippen molar-refractivity contribution in [3.63, 3.8) is 0 Å². The normalized spacial score (nSPS) is 18.9. The molecule has 2 N–H and O–H groups in total. The number of nitrogens with zero attached hydrogens (tertiary/aromatic N) is 2. The van der Waals surface area contributed by atoms with Gasteiger partial charge in [-0.15, -0.1) is 22.7 Å². The molecule has 0 saturated carbocycles. The fourth-order valence-corrected chi connectivity index (χ4v) is 10.1. The Labute approximate surface area is 331 Å². The molecule has 3 aliphatic heterocycles. The number of dihydropyridines is 2. The van der Waals surface area contributed by atoms with Crippen LogP contribution in [0.4, 0.5) is 0 Å². The van der Waals surface area contributed by atoms with E-state index in [1.165, 1.54) is 4.70 Å². The summed E-state index contributed by atoms with van der Waals surface area (Å²) in [4.78, 5) is 55.8. The van der Waals surface area contributed by atoms with Gasteiger partial charge in [0.1, 0.15) is 0 Å². The Hall–Kier alpha value is -4.84. The molecule has 55 heavy (non-hydrogen) atoms. The van der Waals surface area contributed by atoms with E-state index in [9.17, 15) is 19.2 Å². The maximum absolute atomic E-state index is 13.5. The standard InChI is InChI=1S/C22H24N2O3S.C22H26N2O2S/c1-13-19(15(3)25)21(17-12-28-18-7-5-4-6-16(17)18)20(14(2)23-13)22(26)24-8-10-27-11-9-24;1-6-24(7-2)22(26)20-14(4)23-13(3)19(15(5)25)21(20)17-12-27-18-11-9-8-10-16(17)18/h4-7,12,21,23H,8-11H2,1-3H3;8-12,21,23H,6-7H2,1-5H3. The summed E-state index contributed by atoms with van der Waals surface area (Å²) in [6.07, 6.45) is 0. The van der Waals surface area contributed by atoms with Crippen molar-refractivity contribution < 1.29 is 23.9 Å². The highest BCUT2D eigenvalue weighted by molar-refractivity contribution is 7.17. The predicted molar refractivity (Wildman–Crippen MR) is 223 cm³/mol. The Balaban J connectivity index is 0.000000187. The van der Waals surface area contributed by atoms with Crippen molar-refractivity contribution in [3.8, 4) is 0 Å². The van der Waals surface area contributed by atoms with E-state index in [0.29, 0.717) is 61.7 Å². The number of hydrogen-bond donors (Lipinski definition) is 2. The van der Waals surface area contributed by atoms with Gasteiger partial charge in [0.05, 0.1) is 13.2 Å². The molecule has 2 aromatic heterocycles. The first-order valence-corrected chi connectivity index (χ1v) is 20.6. The molecular formula is C44H50N4O5S2. The lowest BCUT2D eigenvalue weighted by Gasteiger charge is -2.35. The first-order valence-electron chi connectivity index (χ1n) is 18.9. The molecule has 2 unspecified atom stereocenters. The number of allylic oxidation sites excluding steroid dienone is 6. The molecule has 9 nitrogen and oxygen atoms in total. The molecule has 0 spiro atoms. The number of hydrogen-bond acceptors (Lipinski definition) is 9. The Morgan fingerprint density at radius 3 is 1.55 bits per heavy atom. The van der Waals surface area contributed by atoms with E-state index >= 15 is 0 Å². The zero-order valence-electron chi connectivity index (χ0n) is 32.9. The van der Waals surface area contributed by atoms with Gasteiger partial charge in [0.2, 0.25) is 0 Å². The first-order chi connectivity index (χ1) is 26.4. The molecule has 2 aromatic carbocycles. The summed E-state index contributed by atoms with van der Waals surface area (Å²) in [7, 11) is 0. The Morgan fingerprint density at radius 1 is 0.673 bits per heavy atom. The summed E-state index contributed by atoms with van der Waals surface area (Å²) in [5.74, 6) is -0.725. The van der Waals surface area contributed by atoms with Crippen LogP contribution < -0.4 is 10.6 Å². The maximum atomic E-state index is 13.5. The van der Waals surface area contributed by atoms with E-state index in [0.717, 1.165) is 49.4 Å². The number of fused-ring (bicyclic) bond motifs is 2. The second-order valence-corrected chi connectivity index (χ2v) is 16.0. The number of Topliss-reactive ketones (excluding diaryl/α,β-unsaturated/α-hetero) is 2. The minimum absolute atomic E-state index is 0.00220. The van der Waals surface area contributed by atoms with Crippen molar-refractivity contribution in [2.75, 3.05) is 39.4 Å². The smallest absolute Gasteiger partial charge is 0.252 e.